The molecule has 0 amide bonds. The second-order valence-electron chi connectivity index (χ2n) is 7.13. The Labute approximate surface area is 171 Å². The van der Waals surface area contributed by atoms with Gasteiger partial charge in [-0.1, -0.05) is 18.2 Å². The van der Waals surface area contributed by atoms with Crippen LogP contribution in [0.15, 0.2) is 52.6 Å². The number of aromatic nitrogens is 2. The molecule has 0 aliphatic heterocycles. The third kappa shape index (κ3) is 5.14. The van der Waals surface area contributed by atoms with Crippen LogP contribution in [-0.4, -0.2) is 43.6 Å². The normalized spacial score (nSPS) is 12.3. The molecule has 154 valence electrons. The van der Waals surface area contributed by atoms with Crippen molar-refractivity contribution in [1.29, 1.82) is 0 Å². The first-order valence-electron chi connectivity index (χ1n) is 9.45. The monoisotopic (exact) mass is 413 g/mol. The Bertz CT molecular complexity index is 1150. The van der Waals surface area contributed by atoms with E-state index >= 15 is 0 Å². The molecule has 1 aromatic carbocycles. The van der Waals surface area contributed by atoms with Crippen LogP contribution in [0.2, 0.25) is 0 Å². The van der Waals surface area contributed by atoms with E-state index in [1.165, 1.54) is 6.26 Å². The number of aliphatic imine (C=N–C) groups is 1. The summed E-state index contributed by atoms with van der Waals surface area (Å²) in [4.78, 5) is 9.29. The van der Waals surface area contributed by atoms with Gasteiger partial charge in [-0.3, -0.25) is 4.99 Å². The number of hydrogen-bond donors (Lipinski definition) is 2. The van der Waals surface area contributed by atoms with Gasteiger partial charge in [-0.05, 0) is 42.7 Å². The minimum Gasteiger partial charge on any atom is -0.356 e. The van der Waals surface area contributed by atoms with Gasteiger partial charge in [0.15, 0.2) is 15.8 Å². The lowest BCUT2D eigenvalue weighted by molar-refractivity contribution is 0.601. The van der Waals surface area contributed by atoms with Crippen molar-refractivity contribution in [3.63, 3.8) is 0 Å². The van der Waals surface area contributed by atoms with Crippen molar-refractivity contribution in [2.75, 3.05) is 19.8 Å². The van der Waals surface area contributed by atoms with Gasteiger partial charge in [0.1, 0.15) is 5.65 Å². The van der Waals surface area contributed by atoms with Crippen molar-refractivity contribution in [1.82, 2.24) is 20.0 Å². The van der Waals surface area contributed by atoms with Crippen LogP contribution in [0.25, 0.3) is 5.65 Å². The Morgan fingerprint density at radius 1 is 1.17 bits per heavy atom. The predicted molar refractivity (Wildman–Crippen MR) is 116 cm³/mol. The Hall–Kier alpha value is -2.87. The summed E-state index contributed by atoms with van der Waals surface area (Å²) in [6.45, 7) is 5.12. The Morgan fingerprint density at radius 3 is 2.62 bits per heavy atom. The Balaban J connectivity index is 1.54. The van der Waals surface area contributed by atoms with Crippen LogP contribution < -0.4 is 10.6 Å². The Morgan fingerprint density at radius 2 is 1.97 bits per heavy atom. The van der Waals surface area contributed by atoms with E-state index < -0.39 is 9.84 Å². The first-order chi connectivity index (χ1) is 13.8. The number of nitrogens with zero attached hydrogens (tertiary/aromatic N) is 3. The maximum atomic E-state index is 11.7. The second-order valence-corrected chi connectivity index (χ2v) is 9.11. The first kappa shape index (κ1) is 20.9. The fraction of sp³-hybridized carbons (Fsp3) is 0.333. The molecule has 2 N–H and O–H groups in total. The van der Waals surface area contributed by atoms with Gasteiger partial charge in [-0.25, -0.2) is 13.4 Å². The molecule has 0 bridgehead atoms. The number of pyridine rings is 1. The summed E-state index contributed by atoms with van der Waals surface area (Å²) in [5.74, 6) is 0.690. The number of imidazole rings is 1. The average molecular weight is 414 g/mol. The Kier molecular flexibility index (Phi) is 6.22. The summed E-state index contributed by atoms with van der Waals surface area (Å²) in [6.07, 6.45) is 6.06. The topological polar surface area (TPSA) is 87.9 Å². The third-order valence-corrected chi connectivity index (χ3v) is 5.98. The molecule has 0 fully saturated rings. The van der Waals surface area contributed by atoms with Crippen molar-refractivity contribution in [2.24, 2.45) is 4.99 Å². The molecule has 2 aromatic heterocycles. The lowest BCUT2D eigenvalue weighted by Gasteiger charge is -2.12. The number of benzene rings is 1. The van der Waals surface area contributed by atoms with Crippen LogP contribution in [0.3, 0.4) is 0 Å². The largest absolute Gasteiger partial charge is 0.356 e. The SMILES string of the molecule is CN=C(NCCc1cn2cccc(C)c2n1)NCc1ccc(S(C)(=O)=O)c(C)c1. The van der Waals surface area contributed by atoms with Gasteiger partial charge in [0.2, 0.25) is 0 Å². The van der Waals surface area contributed by atoms with Crippen LogP contribution in [0.4, 0.5) is 0 Å². The van der Waals surface area contributed by atoms with E-state index in [1.54, 1.807) is 13.1 Å². The lowest BCUT2D eigenvalue weighted by Crippen LogP contribution is -2.37. The molecule has 3 rings (SSSR count). The minimum atomic E-state index is -3.20. The van der Waals surface area contributed by atoms with E-state index in [-0.39, 0.29) is 0 Å². The highest BCUT2D eigenvalue weighted by Gasteiger charge is 2.11. The van der Waals surface area contributed by atoms with Gasteiger partial charge < -0.3 is 15.0 Å². The molecule has 0 spiro atoms. The van der Waals surface area contributed by atoms with E-state index in [1.807, 2.05) is 41.9 Å². The molecular formula is C21H27N5O2S. The van der Waals surface area contributed by atoms with Gasteiger partial charge in [0, 0.05) is 45.2 Å². The smallest absolute Gasteiger partial charge is 0.191 e. The molecule has 0 atom stereocenters. The zero-order valence-corrected chi connectivity index (χ0v) is 18.0. The summed E-state index contributed by atoms with van der Waals surface area (Å²) < 4.78 is 25.5. The quantitative estimate of drug-likeness (QED) is 0.478. The predicted octanol–water partition coefficient (Wildman–Crippen LogP) is 2.26. The van der Waals surface area contributed by atoms with Gasteiger partial charge in [0.05, 0.1) is 10.6 Å². The molecule has 0 saturated carbocycles. The van der Waals surface area contributed by atoms with Gasteiger partial charge in [-0.15, -0.1) is 0 Å². The molecule has 8 heteroatoms. The molecule has 0 saturated heterocycles. The zero-order valence-electron chi connectivity index (χ0n) is 17.2. The molecule has 3 aromatic rings. The van der Waals surface area contributed by atoms with Crippen molar-refractivity contribution in [3.05, 3.63) is 65.1 Å². The standard InChI is InChI=1S/C21H27N5O2S/c1-15-6-5-11-26-14-18(25-20(15)26)9-10-23-21(22-3)24-13-17-7-8-19(16(2)12-17)29(4,27)28/h5-8,11-12,14H,9-10,13H2,1-4H3,(H2,22,23,24). The molecule has 0 radical (unpaired) electrons. The van der Waals surface area contributed by atoms with Gasteiger partial charge in [0.25, 0.3) is 0 Å². The molecule has 0 aliphatic carbocycles. The van der Waals surface area contributed by atoms with E-state index in [0.717, 1.165) is 34.5 Å². The molecule has 2 heterocycles. The van der Waals surface area contributed by atoms with Crippen molar-refractivity contribution in [2.45, 2.75) is 31.7 Å². The summed E-state index contributed by atoms with van der Waals surface area (Å²) in [5.41, 5.74) is 4.90. The maximum Gasteiger partial charge on any atom is 0.191 e. The number of guanidine groups is 1. The third-order valence-electron chi connectivity index (χ3n) is 4.72. The second kappa shape index (κ2) is 8.65. The van der Waals surface area contributed by atoms with Crippen LogP contribution in [0.5, 0.6) is 0 Å². The van der Waals surface area contributed by atoms with Crippen LogP contribution in [-0.2, 0) is 22.8 Å². The van der Waals surface area contributed by atoms with E-state index in [2.05, 4.69) is 33.6 Å². The average Bonchev–Trinajstić information content (AvgIpc) is 3.08. The summed E-state index contributed by atoms with van der Waals surface area (Å²) in [6, 6.07) is 9.43. The van der Waals surface area contributed by atoms with Gasteiger partial charge in [-0.2, -0.15) is 0 Å². The fourth-order valence-electron chi connectivity index (χ4n) is 3.28. The van der Waals surface area contributed by atoms with Crippen LogP contribution >= 0.6 is 0 Å². The number of sulfone groups is 1. The molecule has 7 nitrogen and oxygen atoms in total. The highest BCUT2D eigenvalue weighted by atomic mass is 32.2. The maximum absolute atomic E-state index is 11.7. The van der Waals surface area contributed by atoms with Crippen molar-refractivity contribution < 1.29 is 8.42 Å². The fourth-order valence-corrected chi connectivity index (χ4v) is 4.24. The minimum absolute atomic E-state index is 0.367. The number of aryl methyl sites for hydroxylation is 2. The summed E-state index contributed by atoms with van der Waals surface area (Å²) >= 11 is 0. The van der Waals surface area contributed by atoms with Crippen LogP contribution in [0.1, 0.15) is 22.4 Å². The molecular weight excluding hydrogens is 386 g/mol. The molecule has 29 heavy (non-hydrogen) atoms. The lowest BCUT2D eigenvalue weighted by atomic mass is 10.1. The molecule has 0 unspecified atom stereocenters. The van der Waals surface area contributed by atoms with E-state index in [9.17, 15) is 8.42 Å². The summed E-state index contributed by atoms with van der Waals surface area (Å²) in [5, 5.41) is 6.55. The summed E-state index contributed by atoms with van der Waals surface area (Å²) in [7, 11) is -1.48. The first-order valence-corrected chi connectivity index (χ1v) is 11.3. The van der Waals surface area contributed by atoms with E-state index in [4.69, 9.17) is 0 Å². The van der Waals surface area contributed by atoms with Crippen molar-refractivity contribution in [3.8, 4) is 0 Å². The van der Waals surface area contributed by atoms with Gasteiger partial charge >= 0.3 is 0 Å². The number of nitrogens with one attached hydrogen (secondary N) is 2. The number of fused-ring (bicyclic) bond motifs is 1. The van der Waals surface area contributed by atoms with E-state index in [0.29, 0.717) is 23.9 Å². The van der Waals surface area contributed by atoms with Crippen LogP contribution in [0, 0.1) is 13.8 Å². The molecule has 0 aliphatic rings. The zero-order chi connectivity index (χ0) is 21.0. The van der Waals surface area contributed by atoms with Crippen molar-refractivity contribution >= 4 is 21.4 Å². The number of hydrogen-bond acceptors (Lipinski definition) is 4. The number of rotatable bonds is 6. The highest BCUT2D eigenvalue weighted by Crippen LogP contribution is 2.16. The highest BCUT2D eigenvalue weighted by molar-refractivity contribution is 7.90.